The number of thioether (sulfide) groups is 1. The van der Waals surface area contributed by atoms with E-state index >= 15 is 0 Å². The summed E-state index contributed by atoms with van der Waals surface area (Å²) in [6.07, 6.45) is 2.13. The third-order valence-electron chi connectivity index (χ3n) is 4.66. The number of rotatable bonds is 8. The number of carbonyl (C=O) groups excluding carboxylic acids is 2. The highest BCUT2D eigenvalue weighted by molar-refractivity contribution is 8.16. The van der Waals surface area contributed by atoms with E-state index in [1.807, 2.05) is 6.92 Å². The van der Waals surface area contributed by atoms with Crippen LogP contribution in [0.1, 0.15) is 18.9 Å². The molecule has 0 saturated carbocycles. The van der Waals surface area contributed by atoms with Crippen LogP contribution in [0.5, 0.6) is 0 Å². The van der Waals surface area contributed by atoms with E-state index in [-0.39, 0.29) is 28.9 Å². The van der Waals surface area contributed by atoms with E-state index in [2.05, 4.69) is 16.3 Å². The number of aryl methyl sites for hydroxylation is 1. The van der Waals surface area contributed by atoms with Gasteiger partial charge in [0.1, 0.15) is 5.25 Å². The van der Waals surface area contributed by atoms with Crippen LogP contribution in [0.4, 0.5) is 5.69 Å². The largest absolute Gasteiger partial charge is 0.326 e. The van der Waals surface area contributed by atoms with Crippen molar-refractivity contribution in [3.63, 3.8) is 0 Å². The van der Waals surface area contributed by atoms with Crippen molar-refractivity contribution < 1.29 is 18.0 Å². The first-order valence-electron chi connectivity index (χ1n) is 9.81. The van der Waals surface area contributed by atoms with Gasteiger partial charge >= 0.3 is 0 Å². The third kappa shape index (κ3) is 5.79. The molecule has 0 bridgehead atoms. The van der Waals surface area contributed by atoms with Crippen LogP contribution < -0.4 is 5.32 Å². The summed E-state index contributed by atoms with van der Waals surface area (Å²) in [4.78, 5) is 26.5. The van der Waals surface area contributed by atoms with Crippen LogP contribution in [0.3, 0.4) is 0 Å². The summed E-state index contributed by atoms with van der Waals surface area (Å²) >= 11 is 6.80. The second-order valence-electron chi connectivity index (χ2n) is 6.95. The number of halogens is 1. The Morgan fingerprint density at radius 1 is 1.22 bits per heavy atom. The summed E-state index contributed by atoms with van der Waals surface area (Å²) in [5, 5.41) is 2.47. The molecule has 1 fully saturated rings. The van der Waals surface area contributed by atoms with Gasteiger partial charge in [0, 0.05) is 23.7 Å². The summed E-state index contributed by atoms with van der Waals surface area (Å²) in [5.74, 6) is -0.771. The van der Waals surface area contributed by atoms with Gasteiger partial charge in [-0.05, 0) is 48.4 Å². The SMILES string of the molecule is C=CCN1C(=O)C(CC(=O)Nc2ccc(Cl)cc2)SC1=NS(=O)(=O)c1ccc(CC)cc1. The number of nitrogens with zero attached hydrogens (tertiary/aromatic N) is 2. The molecule has 1 aliphatic rings. The normalized spacial score (nSPS) is 17.6. The molecule has 1 unspecified atom stereocenters. The molecule has 1 aliphatic heterocycles. The van der Waals surface area contributed by atoms with Crippen LogP contribution in [0.15, 0.2) is 70.5 Å². The lowest BCUT2D eigenvalue weighted by atomic mass is 10.2. The molecule has 7 nitrogen and oxygen atoms in total. The lowest BCUT2D eigenvalue weighted by Gasteiger charge is -2.13. The number of hydrogen-bond donors (Lipinski definition) is 1. The second-order valence-corrected chi connectivity index (χ2v) is 10.2. The average molecular weight is 492 g/mol. The van der Waals surface area contributed by atoms with Crippen molar-refractivity contribution in [2.24, 2.45) is 4.40 Å². The Bertz CT molecular complexity index is 1150. The van der Waals surface area contributed by atoms with Gasteiger partial charge in [-0.15, -0.1) is 11.0 Å². The maximum Gasteiger partial charge on any atom is 0.284 e. The number of anilines is 1. The van der Waals surface area contributed by atoms with Crippen molar-refractivity contribution in [1.29, 1.82) is 0 Å². The molecule has 0 aromatic heterocycles. The molecule has 32 heavy (non-hydrogen) atoms. The Morgan fingerprint density at radius 3 is 2.47 bits per heavy atom. The molecule has 10 heteroatoms. The number of amidine groups is 1. The van der Waals surface area contributed by atoms with Gasteiger partial charge < -0.3 is 5.32 Å². The topological polar surface area (TPSA) is 95.9 Å². The van der Waals surface area contributed by atoms with Gasteiger partial charge in [0.15, 0.2) is 5.17 Å². The number of benzene rings is 2. The molecule has 168 valence electrons. The minimum Gasteiger partial charge on any atom is -0.326 e. The average Bonchev–Trinajstić information content (AvgIpc) is 3.04. The smallest absolute Gasteiger partial charge is 0.284 e. The number of carbonyl (C=O) groups is 2. The Hall–Kier alpha value is -2.62. The first kappa shape index (κ1) is 24.0. The van der Waals surface area contributed by atoms with Crippen LogP contribution in [0.25, 0.3) is 0 Å². The monoisotopic (exact) mass is 491 g/mol. The molecule has 3 rings (SSSR count). The molecule has 0 aliphatic carbocycles. The molecular formula is C22H22ClN3O4S2. The van der Waals surface area contributed by atoms with Gasteiger partial charge in [0.2, 0.25) is 11.8 Å². The Morgan fingerprint density at radius 2 is 1.88 bits per heavy atom. The number of amides is 2. The zero-order valence-corrected chi connectivity index (χ0v) is 19.7. The molecule has 2 amide bonds. The third-order valence-corrected chi connectivity index (χ3v) is 7.48. The molecule has 0 radical (unpaired) electrons. The minimum atomic E-state index is -4.02. The van der Waals surface area contributed by atoms with E-state index in [4.69, 9.17) is 11.6 Å². The summed E-state index contributed by atoms with van der Waals surface area (Å²) in [6.45, 7) is 5.68. The molecule has 1 saturated heterocycles. The lowest BCUT2D eigenvalue weighted by molar-refractivity contribution is -0.127. The van der Waals surface area contributed by atoms with Crippen LogP contribution in [0, 0.1) is 0 Å². The zero-order chi connectivity index (χ0) is 23.3. The summed E-state index contributed by atoms with van der Waals surface area (Å²) < 4.78 is 29.5. The summed E-state index contributed by atoms with van der Waals surface area (Å²) in [6, 6.07) is 13.0. The van der Waals surface area contributed by atoms with Crippen LogP contribution in [0.2, 0.25) is 5.02 Å². The maximum atomic E-state index is 12.8. The standard InChI is InChI=1S/C22H22ClN3O4S2/c1-3-13-26-21(28)19(14-20(27)24-17-9-7-16(23)8-10-17)31-22(26)25-32(29,30)18-11-5-15(4-2)6-12-18/h3,5-12,19H,1,4,13-14H2,2H3,(H,24,27). The van der Waals surface area contributed by atoms with Gasteiger partial charge in [-0.1, -0.05) is 48.5 Å². The summed E-state index contributed by atoms with van der Waals surface area (Å²) in [5.41, 5.74) is 1.55. The molecule has 1 N–H and O–H groups in total. The fourth-order valence-electron chi connectivity index (χ4n) is 2.97. The zero-order valence-electron chi connectivity index (χ0n) is 17.3. The van der Waals surface area contributed by atoms with Gasteiger partial charge in [0.05, 0.1) is 4.90 Å². The van der Waals surface area contributed by atoms with Crippen molar-refractivity contribution in [2.45, 2.75) is 29.9 Å². The highest BCUT2D eigenvalue weighted by atomic mass is 35.5. The van der Waals surface area contributed by atoms with E-state index in [1.54, 1.807) is 36.4 Å². The molecule has 1 heterocycles. The number of sulfonamides is 1. The minimum absolute atomic E-state index is 0.0266. The quantitative estimate of drug-likeness (QED) is 0.561. The van der Waals surface area contributed by atoms with Crippen molar-refractivity contribution in [2.75, 3.05) is 11.9 Å². The first-order valence-corrected chi connectivity index (χ1v) is 12.5. The Labute approximate surface area is 196 Å². The van der Waals surface area contributed by atoms with Gasteiger partial charge in [-0.2, -0.15) is 8.42 Å². The fraction of sp³-hybridized carbons (Fsp3) is 0.227. The van der Waals surface area contributed by atoms with Gasteiger partial charge in [-0.3, -0.25) is 14.5 Å². The molecule has 2 aromatic carbocycles. The van der Waals surface area contributed by atoms with Crippen LogP contribution in [-0.2, 0) is 26.0 Å². The number of nitrogens with one attached hydrogen (secondary N) is 1. The van der Waals surface area contributed by atoms with E-state index in [0.717, 1.165) is 23.7 Å². The van der Waals surface area contributed by atoms with Gasteiger partial charge in [-0.25, -0.2) is 0 Å². The van der Waals surface area contributed by atoms with Crippen molar-refractivity contribution in [1.82, 2.24) is 4.90 Å². The second kappa shape index (κ2) is 10.3. The predicted molar refractivity (Wildman–Crippen MR) is 128 cm³/mol. The first-order chi connectivity index (χ1) is 15.2. The van der Waals surface area contributed by atoms with E-state index < -0.39 is 21.2 Å². The Kier molecular flexibility index (Phi) is 7.76. The van der Waals surface area contributed by atoms with E-state index in [1.165, 1.54) is 23.1 Å². The number of hydrogen-bond acceptors (Lipinski definition) is 5. The van der Waals surface area contributed by atoms with Crippen molar-refractivity contribution in [3.8, 4) is 0 Å². The predicted octanol–water partition coefficient (Wildman–Crippen LogP) is 4.11. The van der Waals surface area contributed by atoms with E-state index in [0.29, 0.717) is 10.7 Å². The van der Waals surface area contributed by atoms with Crippen LogP contribution in [-0.4, -0.2) is 42.1 Å². The fourth-order valence-corrected chi connectivity index (χ4v) is 5.46. The highest BCUT2D eigenvalue weighted by Gasteiger charge is 2.39. The van der Waals surface area contributed by atoms with Crippen LogP contribution >= 0.6 is 23.4 Å². The maximum absolute atomic E-state index is 12.8. The van der Waals surface area contributed by atoms with E-state index in [9.17, 15) is 18.0 Å². The molecular weight excluding hydrogens is 470 g/mol. The lowest BCUT2D eigenvalue weighted by Crippen LogP contribution is -2.33. The van der Waals surface area contributed by atoms with Gasteiger partial charge in [0.25, 0.3) is 10.0 Å². The Balaban J connectivity index is 1.78. The van der Waals surface area contributed by atoms with Crippen molar-refractivity contribution >= 4 is 56.1 Å². The molecule has 1 atom stereocenters. The summed E-state index contributed by atoms with van der Waals surface area (Å²) in [7, 11) is -4.02. The molecule has 0 spiro atoms. The molecule has 2 aromatic rings. The van der Waals surface area contributed by atoms with Crippen molar-refractivity contribution in [3.05, 3.63) is 71.8 Å². The highest BCUT2D eigenvalue weighted by Crippen LogP contribution is 2.31.